The molecule has 0 bridgehead atoms. The summed E-state index contributed by atoms with van der Waals surface area (Å²) in [5.41, 5.74) is 11.7. The van der Waals surface area contributed by atoms with Crippen LogP contribution >= 0.6 is 0 Å². The number of para-hydroxylation sites is 2. The van der Waals surface area contributed by atoms with E-state index in [2.05, 4.69) is 255 Å². The molecular formula is C58H52N2Si2-. The molecule has 4 heteroatoms. The molecule has 0 N–H and O–H groups in total. The summed E-state index contributed by atoms with van der Waals surface area (Å²) >= 11 is 0. The molecule has 2 nitrogen and oxygen atoms in total. The van der Waals surface area contributed by atoms with Crippen LogP contribution in [0.4, 0.5) is 34.1 Å². The van der Waals surface area contributed by atoms with E-state index in [1.807, 2.05) is 0 Å². The molecule has 0 saturated heterocycles. The summed E-state index contributed by atoms with van der Waals surface area (Å²) in [5.74, 6) is 0. The largest absolute Gasteiger partial charge is 0.310 e. The van der Waals surface area contributed by atoms with E-state index in [0.29, 0.717) is 0 Å². The smallest absolute Gasteiger partial charge is 0.0775 e. The fraction of sp³-hybridized carbons (Fsp3) is 0.103. The maximum atomic E-state index is 2.47. The van der Waals surface area contributed by atoms with Gasteiger partial charge in [0.05, 0.1) is 19.4 Å². The molecule has 0 atom stereocenters. The number of rotatable bonds is 10. The van der Waals surface area contributed by atoms with Gasteiger partial charge in [-0.2, -0.15) is 24.8 Å². The van der Waals surface area contributed by atoms with Gasteiger partial charge >= 0.3 is 0 Å². The maximum absolute atomic E-state index is 2.47. The van der Waals surface area contributed by atoms with Crippen LogP contribution in [0.3, 0.4) is 0 Å². The molecule has 0 aliphatic carbocycles. The Hall–Kier alpha value is -6.73. The predicted octanol–water partition coefficient (Wildman–Crippen LogP) is 15.9. The van der Waals surface area contributed by atoms with Crippen LogP contribution in [-0.2, 0) is 0 Å². The molecule has 0 aliphatic heterocycles. The van der Waals surface area contributed by atoms with Gasteiger partial charge in [-0.15, -0.1) is 8.07 Å². The Morgan fingerprint density at radius 2 is 0.694 bits per heavy atom. The second-order valence-corrected chi connectivity index (χ2v) is 28.8. The minimum atomic E-state index is -1.52. The highest BCUT2D eigenvalue weighted by atomic mass is 28.3. The van der Waals surface area contributed by atoms with Crippen molar-refractivity contribution in [3.63, 3.8) is 0 Å². The van der Waals surface area contributed by atoms with E-state index in [9.17, 15) is 0 Å². The lowest BCUT2D eigenvalue weighted by atomic mass is 9.85. The topological polar surface area (TPSA) is 6.48 Å². The molecular weight excluding hydrogens is 781 g/mol. The molecule has 62 heavy (non-hydrogen) atoms. The van der Waals surface area contributed by atoms with Crippen LogP contribution in [-0.4, -0.2) is 16.1 Å². The van der Waals surface area contributed by atoms with Gasteiger partial charge in [-0.3, -0.25) is 0 Å². The highest BCUT2D eigenvalue weighted by Crippen LogP contribution is 2.52. The van der Waals surface area contributed by atoms with Crippen LogP contribution in [0.1, 0.15) is 0 Å². The normalized spacial score (nSPS) is 12.0. The van der Waals surface area contributed by atoms with Crippen molar-refractivity contribution in [3.8, 4) is 22.3 Å². The Morgan fingerprint density at radius 3 is 1.06 bits per heavy atom. The third kappa shape index (κ3) is 7.09. The molecule has 10 aromatic rings. The van der Waals surface area contributed by atoms with Gasteiger partial charge in [0.2, 0.25) is 0 Å². The molecule has 0 spiro atoms. The Labute approximate surface area is 368 Å². The average molecular weight is 833 g/mol. The van der Waals surface area contributed by atoms with Crippen LogP contribution < -0.4 is 20.2 Å². The third-order valence-electron chi connectivity index (χ3n) is 12.5. The van der Waals surface area contributed by atoms with Gasteiger partial charge in [0.1, 0.15) is 0 Å². The van der Waals surface area contributed by atoms with Crippen molar-refractivity contribution in [2.45, 2.75) is 39.3 Å². The van der Waals surface area contributed by atoms with Crippen LogP contribution in [0, 0.1) is 0 Å². The van der Waals surface area contributed by atoms with Crippen LogP contribution in [0.2, 0.25) is 39.3 Å². The second-order valence-electron chi connectivity index (χ2n) is 18.6. The quantitative estimate of drug-likeness (QED) is 0.100. The van der Waals surface area contributed by atoms with Crippen molar-refractivity contribution < 1.29 is 0 Å². The molecule has 0 unspecified atom stereocenters. The number of nitrogens with zero attached hydrogens (tertiary/aromatic N) is 2. The van der Waals surface area contributed by atoms with E-state index in [-0.39, 0.29) is 0 Å². The SMILES string of the molecule is C[Si](C)(C)c1ccc(N(c2ccccc2)c2cc(-c3ccccc3)c3ccc4c(N(c5ccccc5)c5ccc([Si-](C)(C)C)cc5)cc(-c5ccccc5)c5ccc2c3c54)cc1. The number of anilines is 6. The molecule has 0 aromatic heterocycles. The predicted molar refractivity (Wildman–Crippen MR) is 276 cm³/mol. The van der Waals surface area contributed by atoms with Crippen molar-refractivity contribution in [2.75, 3.05) is 9.80 Å². The van der Waals surface area contributed by atoms with Gasteiger partial charge in [0.15, 0.2) is 0 Å². The monoisotopic (exact) mass is 832 g/mol. The van der Waals surface area contributed by atoms with Crippen molar-refractivity contribution in [2.24, 2.45) is 0 Å². The zero-order chi connectivity index (χ0) is 42.6. The van der Waals surface area contributed by atoms with Crippen molar-refractivity contribution in [1.29, 1.82) is 0 Å². The zero-order valence-corrected chi connectivity index (χ0v) is 38.5. The lowest BCUT2D eigenvalue weighted by molar-refractivity contribution is 1.30. The minimum absolute atomic E-state index is 1.13. The number of benzene rings is 10. The maximum Gasteiger partial charge on any atom is 0.0775 e. The summed E-state index contributed by atoms with van der Waals surface area (Å²) in [4.78, 5) is 4.95. The Kier molecular flexibility index (Phi) is 9.94. The molecule has 10 aromatic carbocycles. The first-order chi connectivity index (χ1) is 30.0. The van der Waals surface area contributed by atoms with Crippen molar-refractivity contribution >= 4 is 93.0 Å². The highest BCUT2D eigenvalue weighted by Gasteiger charge is 2.26. The van der Waals surface area contributed by atoms with Crippen LogP contribution in [0.25, 0.3) is 54.6 Å². The highest BCUT2D eigenvalue weighted by molar-refractivity contribution is 6.89. The van der Waals surface area contributed by atoms with E-state index >= 15 is 0 Å². The number of hydrogen-bond donors (Lipinski definition) is 0. The molecule has 0 heterocycles. The fourth-order valence-electron chi connectivity index (χ4n) is 9.27. The first-order valence-corrected chi connectivity index (χ1v) is 28.9. The lowest BCUT2D eigenvalue weighted by Crippen LogP contribution is -2.37. The van der Waals surface area contributed by atoms with Crippen LogP contribution in [0.15, 0.2) is 206 Å². The van der Waals surface area contributed by atoms with Crippen molar-refractivity contribution in [1.82, 2.24) is 0 Å². The molecule has 10 rings (SSSR count). The van der Waals surface area contributed by atoms with E-state index < -0.39 is 16.1 Å². The summed E-state index contributed by atoms with van der Waals surface area (Å²) in [5, 5.41) is 10.4. The third-order valence-corrected chi connectivity index (χ3v) is 16.6. The molecule has 0 amide bonds. The van der Waals surface area contributed by atoms with Crippen molar-refractivity contribution in [3.05, 3.63) is 206 Å². The first kappa shape index (κ1) is 39.4. The number of hydrogen-bond acceptors (Lipinski definition) is 2. The van der Waals surface area contributed by atoms with Gasteiger partial charge in [-0.25, -0.2) is 0 Å². The van der Waals surface area contributed by atoms with Gasteiger partial charge in [0.25, 0.3) is 0 Å². The lowest BCUT2D eigenvalue weighted by Gasteiger charge is -2.32. The van der Waals surface area contributed by atoms with E-state index in [1.165, 1.54) is 64.9 Å². The Balaban J connectivity index is 1.34. The van der Waals surface area contributed by atoms with E-state index in [1.54, 1.807) is 0 Å². The molecule has 303 valence electrons. The van der Waals surface area contributed by atoms with Crippen LogP contribution in [0.5, 0.6) is 0 Å². The Bertz CT molecular complexity index is 2930. The Morgan fingerprint density at radius 1 is 0.355 bits per heavy atom. The molecule has 0 aliphatic rings. The van der Waals surface area contributed by atoms with Gasteiger partial charge in [-0.1, -0.05) is 170 Å². The summed E-state index contributed by atoms with van der Waals surface area (Å²) in [6.45, 7) is 14.5. The summed E-state index contributed by atoms with van der Waals surface area (Å²) in [6, 6.07) is 76.9. The second kappa shape index (κ2) is 15.6. The summed E-state index contributed by atoms with van der Waals surface area (Å²) in [7, 11) is -3.04. The van der Waals surface area contributed by atoms with E-state index in [4.69, 9.17) is 0 Å². The molecule has 0 radical (unpaired) electrons. The van der Waals surface area contributed by atoms with Gasteiger partial charge < -0.3 is 9.80 Å². The molecule has 0 saturated carbocycles. The average Bonchev–Trinajstić information content (AvgIpc) is 3.30. The van der Waals surface area contributed by atoms with Gasteiger partial charge in [0, 0.05) is 44.3 Å². The summed E-state index contributed by atoms with van der Waals surface area (Å²) in [6.07, 6.45) is 0. The van der Waals surface area contributed by atoms with E-state index in [0.717, 1.165) is 34.1 Å². The first-order valence-electron chi connectivity index (χ1n) is 21.9. The minimum Gasteiger partial charge on any atom is -0.310 e. The standard InChI is InChI=1S/C58H52N2Si2/c1-61(2,3)47-31-27-45(28-32-47)59(43-23-15-9-16-24-43)55-39-53(41-19-11-7-12-20-41)49-36-38-52-56(40-54(42-21-13-8-14-22-42)50-35-37-51(55)57(49)58(50)52)60(44-25-17-10-18-26-44)46-29-33-48(34-30-46)62(4,5)6/h7-40H,1-6H3/q-1. The fourth-order valence-corrected chi connectivity index (χ4v) is 11.6. The van der Waals surface area contributed by atoms with Gasteiger partial charge in [-0.05, 0) is 93.7 Å². The molecule has 0 fully saturated rings. The summed E-state index contributed by atoms with van der Waals surface area (Å²) < 4.78 is 0. The zero-order valence-electron chi connectivity index (χ0n) is 36.5.